The van der Waals surface area contributed by atoms with Crippen LogP contribution in [0.25, 0.3) is 0 Å². The molecule has 1 heterocycles. The Labute approximate surface area is 240 Å². The molecule has 0 bridgehead atoms. The van der Waals surface area contributed by atoms with Gasteiger partial charge in [0.1, 0.15) is 17.0 Å². The average molecular weight is 561 g/mol. The van der Waals surface area contributed by atoms with Gasteiger partial charge in [-0.15, -0.1) is 17.7 Å². The Morgan fingerprint density at radius 1 is 0.949 bits per heavy atom. The molecule has 1 aliphatic heterocycles. The summed E-state index contributed by atoms with van der Waals surface area (Å²) in [6.07, 6.45) is 0. The molecule has 3 unspecified atom stereocenters. The molecule has 3 aromatic carbocycles. The van der Waals surface area contributed by atoms with Crippen LogP contribution in [0, 0.1) is 11.8 Å². The van der Waals surface area contributed by atoms with Crippen LogP contribution in [-0.2, 0) is 19.9 Å². The second-order valence-corrected chi connectivity index (χ2v) is 11.7. The highest BCUT2D eigenvalue weighted by Gasteiger charge is 2.55. The van der Waals surface area contributed by atoms with Crippen LogP contribution in [0.5, 0.6) is 0 Å². The highest BCUT2D eigenvalue weighted by Crippen LogP contribution is 2.42. The maximum absolute atomic E-state index is 13.8. The van der Waals surface area contributed by atoms with Gasteiger partial charge in [0.25, 0.3) is 0 Å². The van der Waals surface area contributed by atoms with E-state index in [4.69, 9.17) is 16.3 Å². The van der Waals surface area contributed by atoms with Crippen molar-refractivity contribution in [2.24, 2.45) is 0 Å². The average Bonchev–Trinajstić information content (AvgIpc) is 2.93. The Bertz CT molecular complexity index is 1240. The Balaban J connectivity index is 1.79. The van der Waals surface area contributed by atoms with Crippen LogP contribution >= 0.6 is 23.4 Å². The maximum atomic E-state index is 13.8. The van der Waals surface area contributed by atoms with E-state index in [1.165, 1.54) is 16.7 Å². The van der Waals surface area contributed by atoms with Crippen LogP contribution in [0.15, 0.2) is 91.0 Å². The molecule has 1 aliphatic rings. The number of β-lactam (4-membered cyclic amide) rings is 1. The lowest BCUT2D eigenvalue weighted by molar-refractivity contribution is -0.167. The number of likely N-dealkylation sites (tertiary alicyclic amines) is 1. The monoisotopic (exact) mass is 560 g/mol. The summed E-state index contributed by atoms with van der Waals surface area (Å²) < 4.78 is 5.50. The normalized spacial score (nSPS) is 18.0. The zero-order chi connectivity index (χ0) is 28.0. The number of esters is 1. The van der Waals surface area contributed by atoms with E-state index in [1.807, 2.05) is 54.6 Å². The van der Waals surface area contributed by atoms with E-state index in [2.05, 4.69) is 53.6 Å². The number of hydrogen-bond donors (Lipinski definition) is 1. The second kappa shape index (κ2) is 12.3. The fourth-order valence-corrected chi connectivity index (χ4v) is 6.24. The second-order valence-electron chi connectivity index (χ2n) is 10.2. The molecular weight excluding hydrogens is 528 g/mol. The van der Waals surface area contributed by atoms with Gasteiger partial charge in [-0.25, -0.2) is 4.79 Å². The van der Waals surface area contributed by atoms with E-state index in [0.29, 0.717) is 5.75 Å². The van der Waals surface area contributed by atoms with Gasteiger partial charge in [-0.2, -0.15) is 0 Å². The molecule has 1 saturated heterocycles. The van der Waals surface area contributed by atoms with Crippen molar-refractivity contribution >= 4 is 35.2 Å². The first-order chi connectivity index (χ1) is 18.7. The van der Waals surface area contributed by atoms with E-state index in [9.17, 15) is 9.59 Å². The van der Waals surface area contributed by atoms with Crippen molar-refractivity contribution in [3.8, 4) is 11.8 Å². The van der Waals surface area contributed by atoms with Gasteiger partial charge in [-0.05, 0) is 44.4 Å². The minimum atomic E-state index is -1.25. The fraction of sp³-hybridized carbons (Fsp3) is 0.312. The number of alkyl halides is 1. The molecule has 0 aromatic heterocycles. The number of hydrogen-bond acceptors (Lipinski definition) is 5. The van der Waals surface area contributed by atoms with E-state index in [1.54, 1.807) is 27.7 Å². The van der Waals surface area contributed by atoms with Crippen molar-refractivity contribution in [2.45, 2.75) is 55.8 Å². The number of ether oxygens (including phenoxy) is 1. The molecule has 0 saturated carbocycles. The predicted molar refractivity (Wildman–Crippen MR) is 158 cm³/mol. The molecule has 1 amide bonds. The summed E-state index contributed by atoms with van der Waals surface area (Å²) >= 11 is 8.06. The molecule has 1 fully saturated rings. The lowest BCUT2D eigenvalue weighted by Crippen LogP contribution is -2.74. The molecular formula is C32H33ClN2O3S. The number of rotatable bonds is 9. The molecule has 0 radical (unpaired) electrons. The topological polar surface area (TPSA) is 58.6 Å². The van der Waals surface area contributed by atoms with Gasteiger partial charge in [0.15, 0.2) is 0 Å². The molecule has 5 nitrogen and oxygen atoms in total. The first-order valence-electron chi connectivity index (χ1n) is 12.8. The minimum Gasteiger partial charge on any atom is -0.458 e. The van der Waals surface area contributed by atoms with Crippen molar-refractivity contribution < 1.29 is 14.3 Å². The van der Waals surface area contributed by atoms with Crippen molar-refractivity contribution in [1.82, 2.24) is 10.2 Å². The van der Waals surface area contributed by atoms with Crippen LogP contribution in [0.2, 0.25) is 0 Å². The molecule has 7 heteroatoms. The van der Waals surface area contributed by atoms with Crippen LogP contribution in [0.1, 0.15) is 44.4 Å². The summed E-state index contributed by atoms with van der Waals surface area (Å²) in [5, 5.41) is 3.30. The molecule has 3 aromatic rings. The summed E-state index contributed by atoms with van der Waals surface area (Å²) in [6.45, 7) is 7.09. The van der Waals surface area contributed by atoms with Gasteiger partial charge in [-0.3, -0.25) is 10.1 Å². The number of carbonyl (C=O) groups is 2. The number of carbonyl (C=O) groups excluding carboxylic acids is 2. The van der Waals surface area contributed by atoms with Crippen LogP contribution in [-0.4, -0.2) is 45.0 Å². The van der Waals surface area contributed by atoms with Crippen molar-refractivity contribution in [3.05, 3.63) is 108 Å². The van der Waals surface area contributed by atoms with E-state index >= 15 is 0 Å². The third kappa shape index (κ3) is 6.17. The molecule has 0 spiro atoms. The van der Waals surface area contributed by atoms with E-state index in [-0.39, 0.29) is 5.91 Å². The summed E-state index contributed by atoms with van der Waals surface area (Å²) in [7, 11) is 0. The van der Waals surface area contributed by atoms with Crippen molar-refractivity contribution in [1.29, 1.82) is 0 Å². The third-order valence-corrected chi connectivity index (χ3v) is 7.96. The standard InChI is InChI=1S/C32H33ClN2O3S/c1-5-6-22-39-29-26(28(36)35(29)27(33)30(37)38-31(2,3)4)34-32(23-16-10-7-11-17-23,24-18-12-8-13-19-24)25-20-14-9-15-21-25/h7-21,26-27,29,34H,22H2,1-4H3. The van der Waals surface area contributed by atoms with E-state index < -0.39 is 34.0 Å². The summed E-state index contributed by atoms with van der Waals surface area (Å²) in [4.78, 5) is 28.1. The Hall–Kier alpha value is -3.24. The fourth-order valence-electron chi connectivity index (χ4n) is 4.75. The van der Waals surface area contributed by atoms with Gasteiger partial charge in [-0.1, -0.05) is 109 Å². The number of halogens is 1. The molecule has 3 atom stereocenters. The quantitative estimate of drug-likeness (QED) is 0.0899. The van der Waals surface area contributed by atoms with Gasteiger partial charge < -0.3 is 9.64 Å². The molecule has 1 N–H and O–H groups in total. The molecule has 39 heavy (non-hydrogen) atoms. The third-order valence-electron chi connectivity index (χ3n) is 6.42. The van der Waals surface area contributed by atoms with Gasteiger partial charge >= 0.3 is 5.97 Å². The molecule has 4 rings (SSSR count). The Morgan fingerprint density at radius 2 is 1.41 bits per heavy atom. The highest BCUT2D eigenvalue weighted by atomic mass is 35.5. The SMILES string of the molecule is CC#CCSC1C(NC(c2ccccc2)(c2ccccc2)c2ccccc2)C(=O)N1C(Cl)C(=O)OC(C)(C)C. The number of nitrogens with one attached hydrogen (secondary N) is 1. The van der Waals surface area contributed by atoms with Gasteiger partial charge in [0.2, 0.25) is 11.4 Å². The Morgan fingerprint density at radius 3 is 1.82 bits per heavy atom. The highest BCUT2D eigenvalue weighted by molar-refractivity contribution is 8.00. The summed E-state index contributed by atoms with van der Waals surface area (Å²) in [6, 6.07) is 29.6. The van der Waals surface area contributed by atoms with Crippen molar-refractivity contribution in [2.75, 3.05) is 5.75 Å². The predicted octanol–water partition coefficient (Wildman–Crippen LogP) is 5.77. The van der Waals surface area contributed by atoms with Crippen LogP contribution in [0.3, 0.4) is 0 Å². The smallest absolute Gasteiger partial charge is 0.345 e. The largest absolute Gasteiger partial charge is 0.458 e. The first kappa shape index (κ1) is 28.8. The van der Waals surface area contributed by atoms with Gasteiger partial charge in [0, 0.05) is 0 Å². The molecule has 0 aliphatic carbocycles. The maximum Gasteiger partial charge on any atom is 0.345 e. The minimum absolute atomic E-state index is 0.269. The van der Waals surface area contributed by atoms with E-state index in [0.717, 1.165) is 16.7 Å². The Kier molecular flexibility index (Phi) is 9.07. The first-order valence-corrected chi connectivity index (χ1v) is 14.3. The number of amides is 1. The molecule has 202 valence electrons. The number of benzene rings is 3. The lowest BCUT2D eigenvalue weighted by atomic mass is 9.76. The zero-order valence-corrected chi connectivity index (χ0v) is 24.1. The summed E-state index contributed by atoms with van der Waals surface area (Å²) in [5.41, 5.74) is 0.136. The lowest BCUT2D eigenvalue weighted by Gasteiger charge is -2.52. The van der Waals surface area contributed by atoms with Crippen LogP contribution in [0.4, 0.5) is 0 Å². The van der Waals surface area contributed by atoms with Crippen LogP contribution < -0.4 is 5.32 Å². The summed E-state index contributed by atoms with van der Waals surface area (Å²) in [5.74, 6) is 5.52. The zero-order valence-electron chi connectivity index (χ0n) is 22.6. The van der Waals surface area contributed by atoms with Gasteiger partial charge in [0.05, 0.1) is 11.3 Å². The number of thioether (sulfide) groups is 1. The number of nitrogens with zero attached hydrogens (tertiary/aromatic N) is 1. The van der Waals surface area contributed by atoms with Crippen molar-refractivity contribution in [3.63, 3.8) is 0 Å².